The van der Waals surface area contributed by atoms with Crippen molar-refractivity contribution >= 4 is 5.91 Å². The molecule has 3 heterocycles. The maximum Gasteiger partial charge on any atom is 0.227 e. The zero-order valence-electron chi connectivity index (χ0n) is 14.2. The molecule has 1 amide bonds. The number of nitrogens with zero attached hydrogens (tertiary/aromatic N) is 3. The number of hydrogen-bond donors (Lipinski definition) is 0. The molecule has 1 aromatic rings. The number of rotatable bonds is 5. The van der Waals surface area contributed by atoms with Gasteiger partial charge in [0, 0.05) is 33.7 Å². The summed E-state index contributed by atoms with van der Waals surface area (Å²) in [6.45, 7) is 7.04. The van der Waals surface area contributed by atoms with Crippen molar-refractivity contribution in [3.05, 3.63) is 17.8 Å². The van der Waals surface area contributed by atoms with Crippen LogP contribution < -0.4 is 0 Å². The minimum absolute atomic E-state index is 0.0792. The fourth-order valence-corrected chi connectivity index (χ4v) is 3.56. The quantitative estimate of drug-likeness (QED) is 0.826. The number of ether oxygens (including phenoxy) is 1. The van der Waals surface area contributed by atoms with E-state index in [4.69, 9.17) is 9.15 Å². The molecule has 0 N–H and O–H groups in total. The number of carbonyl (C=O) groups is 1. The Bertz CT molecular complexity index is 517. The average molecular weight is 321 g/mol. The van der Waals surface area contributed by atoms with Crippen LogP contribution in [0.3, 0.4) is 0 Å². The first-order valence-corrected chi connectivity index (χ1v) is 8.58. The highest BCUT2D eigenvalue weighted by molar-refractivity contribution is 5.78. The molecule has 0 aromatic carbocycles. The van der Waals surface area contributed by atoms with Gasteiger partial charge >= 0.3 is 0 Å². The van der Waals surface area contributed by atoms with Crippen LogP contribution in [0, 0.1) is 18.8 Å². The third kappa shape index (κ3) is 4.32. The highest BCUT2D eigenvalue weighted by Crippen LogP contribution is 2.21. The number of oxazole rings is 1. The zero-order valence-corrected chi connectivity index (χ0v) is 14.2. The Labute approximate surface area is 137 Å². The second kappa shape index (κ2) is 7.45. The van der Waals surface area contributed by atoms with Gasteiger partial charge in [-0.1, -0.05) is 0 Å². The van der Waals surface area contributed by atoms with Crippen LogP contribution in [-0.2, 0) is 16.1 Å². The maximum atomic E-state index is 12.3. The smallest absolute Gasteiger partial charge is 0.227 e. The molecule has 0 saturated carbocycles. The Balaban J connectivity index is 1.41. The summed E-state index contributed by atoms with van der Waals surface area (Å²) in [5.74, 6) is 1.66. The van der Waals surface area contributed by atoms with Gasteiger partial charge in [-0.05, 0) is 38.3 Å². The van der Waals surface area contributed by atoms with Gasteiger partial charge in [0.2, 0.25) is 5.91 Å². The number of hydrogen-bond acceptors (Lipinski definition) is 5. The molecule has 1 atom stereocenters. The van der Waals surface area contributed by atoms with Crippen molar-refractivity contribution in [1.29, 1.82) is 0 Å². The normalized spacial score (nSPS) is 23.3. The van der Waals surface area contributed by atoms with E-state index in [-0.39, 0.29) is 11.8 Å². The molecule has 0 aliphatic carbocycles. The van der Waals surface area contributed by atoms with Crippen LogP contribution in [-0.4, -0.2) is 60.6 Å². The highest BCUT2D eigenvalue weighted by Gasteiger charge is 2.28. The Hall–Kier alpha value is -1.40. The Kier molecular flexibility index (Phi) is 5.33. The standard InChI is InChI=1S/C17H27N3O3/c1-13-18-16(12-23-13)10-20-6-3-14(4-7-20)9-19(2)17(21)15-5-8-22-11-15/h12,14-15H,3-11H2,1-2H3. The number of likely N-dealkylation sites (tertiary alicyclic amines) is 1. The molecule has 0 bridgehead atoms. The molecule has 0 radical (unpaired) electrons. The molecule has 2 fully saturated rings. The molecule has 2 saturated heterocycles. The van der Waals surface area contributed by atoms with E-state index in [0.29, 0.717) is 12.5 Å². The summed E-state index contributed by atoms with van der Waals surface area (Å²) in [7, 11) is 1.94. The minimum atomic E-state index is 0.0792. The summed E-state index contributed by atoms with van der Waals surface area (Å²) in [5.41, 5.74) is 1.01. The summed E-state index contributed by atoms with van der Waals surface area (Å²) in [5, 5.41) is 0. The molecule has 6 heteroatoms. The first kappa shape index (κ1) is 16.5. The summed E-state index contributed by atoms with van der Waals surface area (Å²) in [6.07, 6.45) is 4.89. The number of amides is 1. The fraction of sp³-hybridized carbons (Fsp3) is 0.765. The lowest BCUT2D eigenvalue weighted by Crippen LogP contribution is -2.41. The van der Waals surface area contributed by atoms with Crippen molar-refractivity contribution in [2.24, 2.45) is 11.8 Å². The number of piperidine rings is 1. The molecule has 1 aromatic heterocycles. The second-order valence-electron chi connectivity index (χ2n) is 6.86. The van der Waals surface area contributed by atoms with Crippen molar-refractivity contribution in [2.45, 2.75) is 32.7 Å². The molecular weight excluding hydrogens is 294 g/mol. The van der Waals surface area contributed by atoms with Gasteiger partial charge < -0.3 is 14.1 Å². The van der Waals surface area contributed by atoms with Crippen LogP contribution >= 0.6 is 0 Å². The average Bonchev–Trinajstić information content (AvgIpc) is 3.20. The van der Waals surface area contributed by atoms with E-state index < -0.39 is 0 Å². The lowest BCUT2D eigenvalue weighted by atomic mass is 9.95. The SMILES string of the molecule is Cc1nc(CN2CCC(CN(C)C(=O)C3CCOC3)CC2)co1. The monoisotopic (exact) mass is 321 g/mol. The molecule has 3 rings (SSSR count). The van der Waals surface area contributed by atoms with Crippen LogP contribution in [0.5, 0.6) is 0 Å². The van der Waals surface area contributed by atoms with Crippen LogP contribution in [0.25, 0.3) is 0 Å². The second-order valence-corrected chi connectivity index (χ2v) is 6.86. The van der Waals surface area contributed by atoms with Gasteiger partial charge in [0.15, 0.2) is 5.89 Å². The molecular formula is C17H27N3O3. The van der Waals surface area contributed by atoms with E-state index in [1.165, 1.54) is 0 Å². The van der Waals surface area contributed by atoms with E-state index in [2.05, 4.69) is 9.88 Å². The number of aryl methyl sites for hydroxylation is 1. The van der Waals surface area contributed by atoms with Crippen molar-refractivity contribution in [3.63, 3.8) is 0 Å². The summed E-state index contributed by atoms with van der Waals surface area (Å²) in [6, 6.07) is 0. The van der Waals surface area contributed by atoms with Crippen LogP contribution in [0.4, 0.5) is 0 Å². The van der Waals surface area contributed by atoms with Crippen molar-refractivity contribution in [3.8, 4) is 0 Å². The Morgan fingerprint density at radius 2 is 2.17 bits per heavy atom. The van der Waals surface area contributed by atoms with Gasteiger partial charge in [0.05, 0.1) is 18.2 Å². The van der Waals surface area contributed by atoms with E-state index in [1.54, 1.807) is 6.26 Å². The highest BCUT2D eigenvalue weighted by atomic mass is 16.5. The number of aromatic nitrogens is 1. The summed E-state index contributed by atoms with van der Waals surface area (Å²) in [4.78, 5) is 21.0. The zero-order chi connectivity index (χ0) is 16.2. The van der Waals surface area contributed by atoms with Crippen molar-refractivity contribution in [1.82, 2.24) is 14.8 Å². The van der Waals surface area contributed by atoms with Gasteiger partial charge in [-0.15, -0.1) is 0 Å². The van der Waals surface area contributed by atoms with Crippen LogP contribution in [0.2, 0.25) is 0 Å². The molecule has 2 aliphatic heterocycles. The third-order valence-corrected chi connectivity index (χ3v) is 4.95. The van der Waals surface area contributed by atoms with Gasteiger partial charge in [-0.2, -0.15) is 0 Å². The summed E-state index contributed by atoms with van der Waals surface area (Å²) >= 11 is 0. The van der Waals surface area contributed by atoms with E-state index in [1.807, 2.05) is 18.9 Å². The van der Waals surface area contributed by atoms with Crippen molar-refractivity contribution in [2.75, 3.05) is 39.9 Å². The largest absolute Gasteiger partial charge is 0.449 e. The van der Waals surface area contributed by atoms with E-state index in [0.717, 1.165) is 63.6 Å². The van der Waals surface area contributed by atoms with Crippen molar-refractivity contribution < 1.29 is 13.9 Å². The number of carbonyl (C=O) groups excluding carboxylic acids is 1. The third-order valence-electron chi connectivity index (χ3n) is 4.95. The maximum absolute atomic E-state index is 12.3. The van der Waals surface area contributed by atoms with E-state index >= 15 is 0 Å². The predicted molar refractivity (Wildman–Crippen MR) is 85.8 cm³/mol. The molecule has 1 unspecified atom stereocenters. The first-order chi connectivity index (χ1) is 11.1. The minimum Gasteiger partial charge on any atom is -0.449 e. The fourth-order valence-electron chi connectivity index (χ4n) is 3.56. The molecule has 0 spiro atoms. The van der Waals surface area contributed by atoms with Gasteiger partial charge in [-0.25, -0.2) is 4.98 Å². The Morgan fingerprint density at radius 3 is 2.78 bits per heavy atom. The Morgan fingerprint density at radius 1 is 1.39 bits per heavy atom. The topological polar surface area (TPSA) is 58.8 Å². The lowest BCUT2D eigenvalue weighted by Gasteiger charge is -2.34. The molecule has 23 heavy (non-hydrogen) atoms. The molecule has 6 nitrogen and oxygen atoms in total. The predicted octanol–water partition coefficient (Wildman–Crippen LogP) is 1.69. The van der Waals surface area contributed by atoms with Gasteiger partial charge in [-0.3, -0.25) is 9.69 Å². The first-order valence-electron chi connectivity index (χ1n) is 8.58. The summed E-state index contributed by atoms with van der Waals surface area (Å²) < 4.78 is 10.6. The van der Waals surface area contributed by atoms with Crippen LogP contribution in [0.15, 0.2) is 10.7 Å². The van der Waals surface area contributed by atoms with Gasteiger partial charge in [0.1, 0.15) is 6.26 Å². The lowest BCUT2D eigenvalue weighted by molar-refractivity contribution is -0.134. The molecule has 2 aliphatic rings. The van der Waals surface area contributed by atoms with E-state index in [9.17, 15) is 4.79 Å². The molecule has 128 valence electrons. The van der Waals surface area contributed by atoms with Gasteiger partial charge in [0.25, 0.3) is 0 Å². The van der Waals surface area contributed by atoms with Crippen LogP contribution in [0.1, 0.15) is 30.8 Å².